The molecule has 5 aliphatic heterocycles. The van der Waals surface area contributed by atoms with Crippen LogP contribution < -0.4 is 26.6 Å². The Morgan fingerprint density at radius 1 is 0.389 bits per heavy atom. The summed E-state index contributed by atoms with van der Waals surface area (Å²) in [4.78, 5) is 105. The fraction of sp³-hybridized carbons (Fsp3) is 0.433. The van der Waals surface area contributed by atoms with Crippen LogP contribution in [-0.4, -0.2) is 235 Å². The Morgan fingerprint density at radius 3 is 1.28 bits per heavy atom. The van der Waals surface area contributed by atoms with Crippen molar-refractivity contribution in [3.8, 4) is 0 Å². The Labute approximate surface area is 758 Å². The van der Waals surface area contributed by atoms with Gasteiger partial charge < -0.3 is 123 Å². The van der Waals surface area contributed by atoms with Crippen LogP contribution >= 0.6 is 0 Å². The van der Waals surface area contributed by atoms with Crippen molar-refractivity contribution in [1.29, 1.82) is 0 Å². The summed E-state index contributed by atoms with van der Waals surface area (Å²) in [7, 11) is 0. The van der Waals surface area contributed by atoms with Crippen molar-refractivity contribution in [3.05, 3.63) is 287 Å². The van der Waals surface area contributed by atoms with Crippen molar-refractivity contribution in [3.63, 3.8) is 0 Å². The minimum Gasteiger partial charge on any atom is -0.445 e. The fourth-order valence-corrected chi connectivity index (χ4v) is 16.4. The summed E-state index contributed by atoms with van der Waals surface area (Å²) in [5.41, 5.74) is 4.95. The van der Waals surface area contributed by atoms with E-state index in [4.69, 9.17) is 75.8 Å². The molecule has 0 bridgehead atoms. The molecule has 6 aliphatic rings. The van der Waals surface area contributed by atoms with Crippen LogP contribution in [0.15, 0.2) is 243 Å². The number of aliphatic hydroxyl groups is 4. The summed E-state index contributed by atoms with van der Waals surface area (Å²) in [6.07, 6.45) is -32.5. The number of carbonyl (C=O) groups excluding carboxylic acids is 7. The van der Waals surface area contributed by atoms with E-state index in [0.29, 0.717) is 70.2 Å². The summed E-state index contributed by atoms with van der Waals surface area (Å²) < 4.78 is 103. The zero-order valence-corrected chi connectivity index (χ0v) is 72.6. The SMILES string of the molecule is CCCCO[C@@H](CNC(=O)OCc1ccccc1)[C@H](OCCCC)C(=O)N[C@@H]1C[C@H](NC(=O)OCc2ccccc2)[C@@H](O[C@H]2O[C@@H]3CN(C(=O)OCc4ccccc4)C(c4ccccc4)O[C@H]3C[C@H]2NC(=O)OCc2ccccc2)[C@H](O[C@@H]2O[C@H](CO)[C@@H](O[C@H]3O[C@H]4CN(C(=O)OCc5ccccc5)C(c5ccccc5)O[C@H]4[C@H](O)[C@H]3NC(=O)OCc3ccccc3)[C@H]2O)[C@H]1O. The lowest BCUT2D eigenvalue weighted by Crippen LogP contribution is -2.70. The van der Waals surface area contributed by atoms with Gasteiger partial charge in [-0.1, -0.05) is 269 Å². The lowest BCUT2D eigenvalue weighted by molar-refractivity contribution is -0.323. The summed E-state index contributed by atoms with van der Waals surface area (Å²) in [5, 5.41) is 65.5. The normalized spacial score (nSPS) is 26.7. The number of benzene rings is 8. The van der Waals surface area contributed by atoms with Gasteiger partial charge in [0.2, 0.25) is 0 Å². The number of hydrogen-bond donors (Lipinski definition) is 9. The van der Waals surface area contributed by atoms with Crippen LogP contribution in [0.1, 0.15) is 109 Å². The van der Waals surface area contributed by atoms with E-state index < -0.39 is 190 Å². The number of unbranched alkanes of at least 4 members (excludes halogenated alkanes) is 2. The molecule has 9 N–H and O–H groups in total. The van der Waals surface area contributed by atoms with Crippen LogP contribution in [0.4, 0.5) is 28.8 Å². The highest BCUT2D eigenvalue weighted by molar-refractivity contribution is 5.82. The third-order valence-corrected chi connectivity index (χ3v) is 23.2. The lowest BCUT2D eigenvalue weighted by atomic mass is 9.83. The zero-order valence-electron chi connectivity index (χ0n) is 72.6. The van der Waals surface area contributed by atoms with E-state index in [-0.39, 0.29) is 78.9 Å². The van der Waals surface area contributed by atoms with Gasteiger partial charge in [-0.2, -0.15) is 0 Å². The van der Waals surface area contributed by atoms with Crippen molar-refractivity contribution in [2.45, 2.75) is 227 Å². The lowest BCUT2D eigenvalue weighted by Gasteiger charge is -2.51. The van der Waals surface area contributed by atoms with Gasteiger partial charge in [0.15, 0.2) is 37.4 Å². The number of ether oxygens (including phenoxy) is 16. The highest BCUT2D eigenvalue weighted by atomic mass is 16.8. The number of carbonyl (C=O) groups is 7. The van der Waals surface area contributed by atoms with Gasteiger partial charge in [0.25, 0.3) is 5.91 Å². The molecular formula is C97H113N7O27. The first-order valence-corrected chi connectivity index (χ1v) is 44.3. The van der Waals surface area contributed by atoms with Gasteiger partial charge in [0, 0.05) is 30.8 Å². The molecule has 8 aromatic carbocycles. The van der Waals surface area contributed by atoms with E-state index in [1.54, 1.807) is 224 Å². The topological polar surface area (TPSA) is 415 Å². The smallest absolute Gasteiger partial charge is 0.412 e. The maximum atomic E-state index is 15.7. The van der Waals surface area contributed by atoms with Gasteiger partial charge in [0.1, 0.15) is 113 Å². The van der Waals surface area contributed by atoms with Gasteiger partial charge in [-0.3, -0.25) is 14.6 Å². The number of nitrogens with zero attached hydrogens (tertiary/aromatic N) is 2. The van der Waals surface area contributed by atoms with Crippen LogP contribution in [0.2, 0.25) is 0 Å². The van der Waals surface area contributed by atoms with Gasteiger partial charge in [-0.15, -0.1) is 0 Å². The van der Waals surface area contributed by atoms with Gasteiger partial charge in [-0.25, -0.2) is 28.8 Å². The number of rotatable bonds is 37. The molecule has 34 heteroatoms. The highest BCUT2D eigenvalue weighted by Gasteiger charge is 2.59. The second-order valence-electron chi connectivity index (χ2n) is 32.6. The van der Waals surface area contributed by atoms with Crippen molar-refractivity contribution in [2.75, 3.05) is 39.5 Å². The molecule has 14 rings (SSSR count). The van der Waals surface area contributed by atoms with E-state index in [2.05, 4.69) is 26.6 Å². The minimum absolute atomic E-state index is 0.00793. The molecule has 6 fully saturated rings. The molecule has 698 valence electrons. The number of amides is 7. The second-order valence-corrected chi connectivity index (χ2v) is 32.6. The van der Waals surface area contributed by atoms with E-state index in [0.717, 1.165) is 0 Å². The maximum absolute atomic E-state index is 15.7. The quantitative estimate of drug-likeness (QED) is 0.0129. The first kappa shape index (κ1) is 95.4. The number of hydrogen-bond acceptors (Lipinski definition) is 27. The van der Waals surface area contributed by atoms with E-state index >= 15 is 4.79 Å². The van der Waals surface area contributed by atoms with Crippen molar-refractivity contribution in [1.82, 2.24) is 36.4 Å². The highest BCUT2D eigenvalue weighted by Crippen LogP contribution is 2.43. The summed E-state index contributed by atoms with van der Waals surface area (Å²) >= 11 is 0. The fourth-order valence-electron chi connectivity index (χ4n) is 16.4. The number of aliphatic hydroxyl groups excluding tert-OH is 4. The number of alkyl carbamates (subject to hydrolysis) is 4. The van der Waals surface area contributed by atoms with Crippen LogP contribution in [0.3, 0.4) is 0 Å². The number of nitrogens with one attached hydrogen (secondary N) is 5. The molecule has 0 radical (unpaired) electrons. The van der Waals surface area contributed by atoms with Crippen LogP contribution in [-0.2, 0) is 120 Å². The Bertz CT molecular complexity index is 4870. The van der Waals surface area contributed by atoms with Crippen LogP contribution in [0.25, 0.3) is 0 Å². The molecule has 8 aromatic rings. The predicted molar refractivity (Wildman–Crippen MR) is 466 cm³/mol. The molecular weight excluding hydrogens is 1700 g/mol. The van der Waals surface area contributed by atoms with Crippen molar-refractivity contribution < 1.29 is 130 Å². The molecule has 2 unspecified atom stereocenters. The average molecular weight is 1810 g/mol. The third kappa shape index (κ3) is 26.2. The summed E-state index contributed by atoms with van der Waals surface area (Å²) in [6.45, 7) is 1.08. The first-order valence-electron chi connectivity index (χ1n) is 44.3. The van der Waals surface area contributed by atoms with Gasteiger partial charge in [0.05, 0.1) is 50.5 Å². The standard InChI is InChI=1S/C97H113N7O27/c1-3-5-47-116-73(51-98-92(110)118-55-61-31-15-7-16-32-61)84(117-48-6-4-2)86(109)99-69-49-70(100-93(111)119-56-62-33-17-8-18-34-62)81(129-89-71(101-94(112)120-57-63-35-19-9-20-36-63)50-72-74(125-89)52-103(87(124-72)67-43-27-13-28-44-67)96(114)122-59-65-39-23-11-24-40-65)85(78(69)106)131-91-80(108)83(76(54-105)127-91)130-90-77(102-95(113)121-58-64-37-21-10-22-38-64)79(107)82-75(126-90)53-104(88(128-82)68-45-29-14-30-46-68)97(115)123-60-66-41-25-12-26-42-66/h7-46,69-85,87-91,105-108H,3-6,47-60H2,1-2H3,(H,98,110)(H,99,109)(H,100,111)(H,101,112)(H,102,113)/t69-,70+,71-,72+,73+,74-,75+,76-,77-,78+,79-,80-,81-,82-,83-,84+,85-,87?,88?,89-,90-,91+/m1/s1. The molecule has 1 saturated carbocycles. The molecule has 34 nitrogen and oxygen atoms in total. The molecule has 5 heterocycles. The Morgan fingerprint density at radius 2 is 0.802 bits per heavy atom. The van der Waals surface area contributed by atoms with Crippen LogP contribution in [0, 0.1) is 0 Å². The second kappa shape index (κ2) is 47.9. The molecule has 5 saturated heterocycles. The molecule has 7 amide bonds. The van der Waals surface area contributed by atoms with E-state index in [1.807, 2.05) is 32.0 Å². The van der Waals surface area contributed by atoms with Gasteiger partial charge in [-0.05, 0) is 52.6 Å². The third-order valence-electron chi connectivity index (χ3n) is 23.2. The zero-order chi connectivity index (χ0) is 91.4. The Kier molecular flexibility index (Phi) is 34.9. The Balaban J connectivity index is 0.822. The largest absolute Gasteiger partial charge is 0.445 e. The summed E-state index contributed by atoms with van der Waals surface area (Å²) in [6, 6.07) is 64.9. The Hall–Kier alpha value is -11.7. The average Bonchev–Trinajstić information content (AvgIpc) is 1.69. The minimum atomic E-state index is -2.11. The molecule has 131 heavy (non-hydrogen) atoms. The van der Waals surface area contributed by atoms with E-state index in [1.165, 1.54) is 9.80 Å². The van der Waals surface area contributed by atoms with E-state index in [9.17, 15) is 49.2 Å². The molecule has 22 atom stereocenters. The monoisotopic (exact) mass is 1810 g/mol. The maximum Gasteiger partial charge on any atom is 0.412 e. The first-order chi connectivity index (χ1) is 63.9. The van der Waals surface area contributed by atoms with Gasteiger partial charge >= 0.3 is 36.6 Å². The number of fused-ring (bicyclic) bond motifs is 2. The molecule has 1 aliphatic carbocycles. The predicted octanol–water partition coefficient (Wildman–Crippen LogP) is 10.3. The van der Waals surface area contributed by atoms with Crippen molar-refractivity contribution in [2.24, 2.45) is 0 Å². The molecule has 0 spiro atoms. The van der Waals surface area contributed by atoms with Crippen molar-refractivity contribution >= 4 is 42.5 Å². The summed E-state index contributed by atoms with van der Waals surface area (Å²) in [5.74, 6) is -0.881. The molecule has 0 aromatic heterocycles. The van der Waals surface area contributed by atoms with Crippen LogP contribution in [0.5, 0.6) is 0 Å².